The minimum Gasteiger partial charge on any atom is -0.354 e. The van der Waals surface area contributed by atoms with Crippen LogP contribution >= 0.6 is 0 Å². The van der Waals surface area contributed by atoms with E-state index < -0.39 is 0 Å². The molecule has 0 heterocycles. The zero-order valence-corrected chi connectivity index (χ0v) is 13.1. The lowest BCUT2D eigenvalue weighted by Gasteiger charge is -2.13. The van der Waals surface area contributed by atoms with Crippen molar-refractivity contribution in [1.29, 1.82) is 0 Å². The molecule has 2 N–H and O–H groups in total. The van der Waals surface area contributed by atoms with Gasteiger partial charge in [-0.2, -0.15) is 0 Å². The van der Waals surface area contributed by atoms with Crippen LogP contribution in [0.4, 0.5) is 5.69 Å². The van der Waals surface area contributed by atoms with Crippen molar-refractivity contribution in [3.8, 4) is 0 Å². The minimum absolute atomic E-state index is 0.0118. The van der Waals surface area contributed by atoms with E-state index >= 15 is 0 Å². The molecule has 2 unspecified atom stereocenters. The van der Waals surface area contributed by atoms with Crippen molar-refractivity contribution in [3.63, 3.8) is 0 Å². The summed E-state index contributed by atoms with van der Waals surface area (Å²) in [6.45, 7) is 8.05. The van der Waals surface area contributed by atoms with Crippen LogP contribution in [-0.2, 0) is 9.59 Å². The van der Waals surface area contributed by atoms with Gasteiger partial charge >= 0.3 is 0 Å². The first-order valence-corrected chi connectivity index (χ1v) is 7.60. The zero-order chi connectivity index (χ0) is 15.6. The van der Waals surface area contributed by atoms with Gasteiger partial charge in [0.25, 0.3) is 0 Å². The Bertz CT molecular complexity index is 537. The minimum atomic E-state index is -0.191. The van der Waals surface area contributed by atoms with Gasteiger partial charge in [-0.05, 0) is 37.8 Å². The lowest BCUT2D eigenvalue weighted by atomic mass is 10.0. The van der Waals surface area contributed by atoms with Crippen molar-refractivity contribution in [2.24, 2.45) is 11.8 Å². The Morgan fingerprint density at radius 2 is 1.67 bits per heavy atom. The number of anilines is 1. The summed E-state index contributed by atoms with van der Waals surface area (Å²) in [6, 6.07) is 7.94. The summed E-state index contributed by atoms with van der Waals surface area (Å²) in [6.07, 6.45) is 0.647. The van der Waals surface area contributed by atoms with Gasteiger partial charge in [0, 0.05) is 11.7 Å². The molecule has 1 aliphatic rings. The maximum Gasteiger partial charge on any atom is 0.228 e. The molecule has 0 aliphatic heterocycles. The maximum absolute atomic E-state index is 12.3. The molecule has 0 saturated heterocycles. The fraction of sp³-hybridized carbons (Fsp3) is 0.529. The van der Waals surface area contributed by atoms with E-state index in [9.17, 15) is 9.59 Å². The molecule has 114 valence electrons. The van der Waals surface area contributed by atoms with Crippen LogP contribution in [0.15, 0.2) is 24.3 Å². The molecule has 0 spiro atoms. The normalized spacial score (nSPS) is 20.5. The van der Waals surface area contributed by atoms with Crippen molar-refractivity contribution < 1.29 is 9.59 Å². The van der Waals surface area contributed by atoms with Crippen LogP contribution in [0.2, 0.25) is 0 Å². The van der Waals surface area contributed by atoms with Gasteiger partial charge in [-0.1, -0.05) is 32.0 Å². The van der Waals surface area contributed by atoms with Crippen molar-refractivity contribution in [2.75, 3.05) is 5.32 Å². The number of para-hydroxylation sites is 1. The van der Waals surface area contributed by atoms with Crippen LogP contribution in [0, 0.1) is 11.8 Å². The summed E-state index contributed by atoms with van der Waals surface area (Å²) in [7, 11) is 0. The monoisotopic (exact) mass is 288 g/mol. The molecule has 21 heavy (non-hydrogen) atoms. The highest BCUT2D eigenvalue weighted by molar-refractivity contribution is 6.00. The van der Waals surface area contributed by atoms with Crippen molar-refractivity contribution in [3.05, 3.63) is 29.8 Å². The second kappa shape index (κ2) is 6.29. The van der Waals surface area contributed by atoms with Gasteiger partial charge in [-0.15, -0.1) is 0 Å². The van der Waals surface area contributed by atoms with Crippen LogP contribution in [0.5, 0.6) is 0 Å². The molecule has 2 amide bonds. The molecule has 2 atom stereocenters. The van der Waals surface area contributed by atoms with E-state index in [1.165, 1.54) is 0 Å². The number of carbonyl (C=O) groups is 2. The number of amides is 2. The lowest BCUT2D eigenvalue weighted by molar-refractivity contribution is -0.125. The van der Waals surface area contributed by atoms with Gasteiger partial charge in [0.15, 0.2) is 0 Å². The Kier molecular flexibility index (Phi) is 4.66. The number of nitrogens with one attached hydrogen (secondary N) is 2. The Labute approximate surface area is 126 Å². The highest BCUT2D eigenvalue weighted by Crippen LogP contribution is 2.40. The molecule has 1 aromatic rings. The fourth-order valence-corrected chi connectivity index (χ4v) is 2.51. The van der Waals surface area contributed by atoms with Crippen LogP contribution in [0.25, 0.3) is 0 Å². The first-order chi connectivity index (χ1) is 9.90. The van der Waals surface area contributed by atoms with Crippen molar-refractivity contribution in [1.82, 2.24) is 5.32 Å². The summed E-state index contributed by atoms with van der Waals surface area (Å²) in [5, 5.41) is 5.84. The summed E-state index contributed by atoms with van der Waals surface area (Å²) in [5.74, 6) is -0.0716. The SMILES string of the molecule is CC(C)NC(=O)C1CC1C(=O)Nc1ccccc1C(C)C. The molecule has 4 nitrogen and oxygen atoms in total. The molecular weight excluding hydrogens is 264 g/mol. The van der Waals surface area contributed by atoms with Crippen LogP contribution in [0.3, 0.4) is 0 Å². The lowest BCUT2D eigenvalue weighted by Crippen LogP contribution is -2.32. The quantitative estimate of drug-likeness (QED) is 0.875. The van der Waals surface area contributed by atoms with E-state index in [4.69, 9.17) is 0 Å². The Balaban J connectivity index is 1.97. The van der Waals surface area contributed by atoms with E-state index in [0.717, 1.165) is 11.3 Å². The van der Waals surface area contributed by atoms with Crippen molar-refractivity contribution in [2.45, 2.75) is 46.1 Å². The highest BCUT2D eigenvalue weighted by atomic mass is 16.2. The van der Waals surface area contributed by atoms with E-state index in [1.54, 1.807) is 0 Å². The predicted molar refractivity (Wildman–Crippen MR) is 84.0 cm³/mol. The van der Waals surface area contributed by atoms with Gasteiger partial charge < -0.3 is 10.6 Å². The highest BCUT2D eigenvalue weighted by Gasteiger charge is 2.48. The average molecular weight is 288 g/mol. The van der Waals surface area contributed by atoms with Gasteiger partial charge in [-0.3, -0.25) is 9.59 Å². The Hall–Kier alpha value is -1.84. The first kappa shape index (κ1) is 15.5. The molecule has 0 radical (unpaired) electrons. The molecule has 4 heteroatoms. The second-order valence-electron chi connectivity index (χ2n) is 6.34. The summed E-state index contributed by atoms with van der Waals surface area (Å²) >= 11 is 0. The van der Waals surface area contributed by atoms with Gasteiger partial charge in [0.05, 0.1) is 11.8 Å². The molecule has 1 aliphatic carbocycles. The first-order valence-electron chi connectivity index (χ1n) is 7.60. The molecule has 0 bridgehead atoms. The number of hydrogen-bond acceptors (Lipinski definition) is 2. The van der Waals surface area contributed by atoms with Gasteiger partial charge in [-0.25, -0.2) is 0 Å². The molecule has 1 fully saturated rings. The number of benzene rings is 1. The van der Waals surface area contributed by atoms with Crippen molar-refractivity contribution >= 4 is 17.5 Å². The Morgan fingerprint density at radius 3 is 2.29 bits per heavy atom. The van der Waals surface area contributed by atoms with E-state index in [-0.39, 0.29) is 29.7 Å². The molecule has 1 saturated carbocycles. The zero-order valence-electron chi connectivity index (χ0n) is 13.1. The van der Waals surface area contributed by atoms with Crippen LogP contribution < -0.4 is 10.6 Å². The third-order valence-electron chi connectivity index (χ3n) is 3.74. The number of rotatable bonds is 5. The standard InChI is InChI=1S/C17H24N2O2/c1-10(2)12-7-5-6-8-15(12)19-17(21)14-9-13(14)16(20)18-11(3)4/h5-8,10-11,13-14H,9H2,1-4H3,(H,18,20)(H,19,21). The van der Waals surface area contributed by atoms with Crippen LogP contribution in [0.1, 0.15) is 45.6 Å². The average Bonchev–Trinajstić information content (AvgIpc) is 3.18. The third kappa shape index (κ3) is 3.84. The summed E-state index contributed by atoms with van der Waals surface area (Å²) in [4.78, 5) is 24.1. The largest absolute Gasteiger partial charge is 0.354 e. The number of hydrogen-bond donors (Lipinski definition) is 2. The van der Waals surface area contributed by atoms with E-state index in [1.807, 2.05) is 38.1 Å². The van der Waals surface area contributed by atoms with Gasteiger partial charge in [0.2, 0.25) is 11.8 Å². The van der Waals surface area contributed by atoms with E-state index in [0.29, 0.717) is 12.3 Å². The van der Waals surface area contributed by atoms with Crippen LogP contribution in [-0.4, -0.2) is 17.9 Å². The molecular formula is C17H24N2O2. The Morgan fingerprint density at radius 1 is 1.05 bits per heavy atom. The molecule has 2 rings (SSSR count). The topological polar surface area (TPSA) is 58.2 Å². The summed E-state index contributed by atoms with van der Waals surface area (Å²) < 4.78 is 0. The summed E-state index contributed by atoms with van der Waals surface area (Å²) in [5.41, 5.74) is 1.97. The molecule has 0 aromatic heterocycles. The second-order valence-corrected chi connectivity index (χ2v) is 6.34. The molecule has 1 aromatic carbocycles. The smallest absolute Gasteiger partial charge is 0.228 e. The third-order valence-corrected chi connectivity index (χ3v) is 3.74. The maximum atomic E-state index is 12.3. The van der Waals surface area contributed by atoms with E-state index in [2.05, 4.69) is 24.5 Å². The fourth-order valence-electron chi connectivity index (χ4n) is 2.51. The predicted octanol–water partition coefficient (Wildman–Crippen LogP) is 2.91. The number of carbonyl (C=O) groups excluding carboxylic acids is 2. The van der Waals surface area contributed by atoms with Gasteiger partial charge in [0.1, 0.15) is 0 Å².